The Morgan fingerprint density at radius 3 is 2.17 bits per heavy atom. The minimum Gasteiger partial charge on any atom is -0.493 e. The smallest absolute Gasteiger partial charge is 0.162 e. The summed E-state index contributed by atoms with van der Waals surface area (Å²) in [6.07, 6.45) is 0.848. The second-order valence-electron chi connectivity index (χ2n) is 7.21. The molecule has 1 unspecified atom stereocenters. The van der Waals surface area contributed by atoms with Crippen molar-refractivity contribution < 1.29 is 9.47 Å². The minimum absolute atomic E-state index is 0.0625. The third-order valence-corrected chi connectivity index (χ3v) is 4.81. The van der Waals surface area contributed by atoms with Crippen molar-refractivity contribution in [2.75, 3.05) is 7.11 Å². The highest BCUT2D eigenvalue weighted by Gasteiger charge is 2.38. The van der Waals surface area contributed by atoms with Crippen molar-refractivity contribution in [3.8, 4) is 11.5 Å². The molecule has 2 aromatic carbocycles. The normalized spacial score (nSPS) is 14.1. The Balaban J connectivity index is 2.33. The molecule has 2 N–H and O–H groups in total. The molecule has 1 atom stereocenters. The molecule has 0 radical (unpaired) electrons. The zero-order valence-electron chi connectivity index (χ0n) is 15.4. The number of benzene rings is 2. The summed E-state index contributed by atoms with van der Waals surface area (Å²) in [6, 6.07) is 16.1. The molecular weight excluding hydrogens is 298 g/mol. The molecule has 2 rings (SSSR count). The predicted octanol–water partition coefficient (Wildman–Crippen LogP) is 4.88. The molecule has 0 saturated heterocycles. The van der Waals surface area contributed by atoms with E-state index in [-0.39, 0.29) is 5.41 Å². The van der Waals surface area contributed by atoms with Gasteiger partial charge < -0.3 is 15.2 Å². The SMILES string of the molecule is CCC(N)(c1ccc(OC)c(OCc2ccccc2)c1)C(C)(C)C. The lowest BCUT2D eigenvalue weighted by Crippen LogP contribution is -2.47. The van der Waals surface area contributed by atoms with Gasteiger partial charge in [0.05, 0.1) is 7.11 Å². The Labute approximate surface area is 145 Å². The molecule has 3 heteroatoms. The first kappa shape index (κ1) is 18.3. The summed E-state index contributed by atoms with van der Waals surface area (Å²) in [7, 11) is 1.66. The van der Waals surface area contributed by atoms with Crippen molar-refractivity contribution in [1.29, 1.82) is 0 Å². The maximum absolute atomic E-state index is 6.77. The van der Waals surface area contributed by atoms with Gasteiger partial charge in [-0.05, 0) is 35.1 Å². The van der Waals surface area contributed by atoms with Crippen molar-refractivity contribution in [2.24, 2.45) is 11.1 Å². The quantitative estimate of drug-likeness (QED) is 0.822. The first-order chi connectivity index (χ1) is 11.3. The van der Waals surface area contributed by atoms with E-state index in [0.717, 1.165) is 29.0 Å². The summed E-state index contributed by atoms with van der Waals surface area (Å²) in [6.45, 7) is 9.14. The van der Waals surface area contributed by atoms with Crippen LogP contribution in [0.25, 0.3) is 0 Å². The molecule has 3 nitrogen and oxygen atoms in total. The topological polar surface area (TPSA) is 44.5 Å². The van der Waals surface area contributed by atoms with E-state index >= 15 is 0 Å². The molecule has 0 aliphatic heterocycles. The van der Waals surface area contributed by atoms with Gasteiger partial charge in [-0.3, -0.25) is 0 Å². The highest BCUT2D eigenvalue weighted by molar-refractivity contribution is 5.45. The fourth-order valence-corrected chi connectivity index (χ4v) is 2.97. The largest absolute Gasteiger partial charge is 0.493 e. The second kappa shape index (κ2) is 7.27. The van der Waals surface area contributed by atoms with Gasteiger partial charge >= 0.3 is 0 Å². The highest BCUT2D eigenvalue weighted by atomic mass is 16.5. The average molecular weight is 327 g/mol. The van der Waals surface area contributed by atoms with Crippen molar-refractivity contribution in [2.45, 2.75) is 46.3 Å². The Morgan fingerprint density at radius 1 is 0.958 bits per heavy atom. The van der Waals surface area contributed by atoms with Crippen molar-refractivity contribution in [3.63, 3.8) is 0 Å². The van der Waals surface area contributed by atoms with E-state index in [1.807, 2.05) is 48.5 Å². The Hall–Kier alpha value is -2.00. The van der Waals surface area contributed by atoms with Gasteiger partial charge in [0, 0.05) is 5.54 Å². The molecule has 2 aromatic rings. The number of rotatable bonds is 6. The van der Waals surface area contributed by atoms with Crippen LogP contribution in [0.4, 0.5) is 0 Å². The van der Waals surface area contributed by atoms with Crippen LogP contribution >= 0.6 is 0 Å². The average Bonchev–Trinajstić information content (AvgIpc) is 2.58. The monoisotopic (exact) mass is 327 g/mol. The number of hydrogen-bond acceptors (Lipinski definition) is 3. The Morgan fingerprint density at radius 2 is 1.62 bits per heavy atom. The standard InChI is InChI=1S/C21H29NO2/c1-6-21(22,20(2,3)4)17-12-13-18(23-5)19(14-17)24-15-16-10-8-7-9-11-16/h7-14H,6,15,22H2,1-5H3. The number of ether oxygens (including phenoxy) is 2. The van der Waals surface area contributed by atoms with Gasteiger partial charge in [0.15, 0.2) is 11.5 Å². The lowest BCUT2D eigenvalue weighted by molar-refractivity contribution is 0.180. The zero-order chi connectivity index (χ0) is 17.8. The summed E-state index contributed by atoms with van der Waals surface area (Å²) < 4.78 is 11.5. The summed E-state index contributed by atoms with van der Waals surface area (Å²) >= 11 is 0. The van der Waals surface area contributed by atoms with E-state index in [9.17, 15) is 0 Å². The summed E-state index contributed by atoms with van der Waals surface area (Å²) in [5, 5.41) is 0. The van der Waals surface area contributed by atoms with Crippen LogP contribution in [0.5, 0.6) is 11.5 Å². The van der Waals surface area contributed by atoms with E-state index in [2.05, 4.69) is 27.7 Å². The third kappa shape index (κ3) is 3.73. The predicted molar refractivity (Wildman–Crippen MR) is 99.4 cm³/mol. The molecule has 0 spiro atoms. The molecule has 0 aliphatic carbocycles. The second-order valence-corrected chi connectivity index (χ2v) is 7.21. The fourth-order valence-electron chi connectivity index (χ4n) is 2.97. The van der Waals surface area contributed by atoms with Gasteiger partial charge in [0.25, 0.3) is 0 Å². The third-order valence-electron chi connectivity index (χ3n) is 4.81. The molecule has 0 fully saturated rings. The molecule has 0 aliphatic rings. The molecular formula is C21H29NO2. The zero-order valence-corrected chi connectivity index (χ0v) is 15.4. The van der Waals surface area contributed by atoms with Gasteiger partial charge in [-0.25, -0.2) is 0 Å². The summed E-state index contributed by atoms with van der Waals surface area (Å²) in [5.74, 6) is 1.45. The molecule has 0 heterocycles. The molecule has 0 saturated carbocycles. The summed E-state index contributed by atoms with van der Waals surface area (Å²) in [4.78, 5) is 0. The molecule has 0 bridgehead atoms. The van der Waals surface area contributed by atoms with Crippen LogP contribution in [-0.2, 0) is 12.1 Å². The summed E-state index contributed by atoms with van der Waals surface area (Å²) in [5.41, 5.74) is 8.47. The van der Waals surface area contributed by atoms with Gasteiger partial charge in [-0.15, -0.1) is 0 Å². The van der Waals surface area contributed by atoms with Crippen LogP contribution in [0.2, 0.25) is 0 Å². The fraction of sp³-hybridized carbons (Fsp3) is 0.429. The van der Waals surface area contributed by atoms with Crippen LogP contribution in [-0.4, -0.2) is 7.11 Å². The minimum atomic E-state index is -0.426. The van der Waals surface area contributed by atoms with Crippen LogP contribution < -0.4 is 15.2 Å². The van der Waals surface area contributed by atoms with E-state index in [0.29, 0.717) is 6.61 Å². The van der Waals surface area contributed by atoms with Crippen molar-refractivity contribution >= 4 is 0 Å². The van der Waals surface area contributed by atoms with Gasteiger partial charge in [0.2, 0.25) is 0 Å². The maximum atomic E-state index is 6.77. The Bertz CT molecular complexity index is 661. The van der Waals surface area contributed by atoms with E-state index < -0.39 is 5.54 Å². The number of hydrogen-bond donors (Lipinski definition) is 1. The molecule has 24 heavy (non-hydrogen) atoms. The lowest BCUT2D eigenvalue weighted by Gasteiger charge is -2.42. The number of nitrogens with two attached hydrogens (primary N) is 1. The molecule has 0 amide bonds. The maximum Gasteiger partial charge on any atom is 0.162 e. The lowest BCUT2D eigenvalue weighted by atomic mass is 9.68. The van der Waals surface area contributed by atoms with Gasteiger partial charge in [0.1, 0.15) is 6.61 Å². The van der Waals surface area contributed by atoms with Gasteiger partial charge in [-0.1, -0.05) is 64.1 Å². The highest BCUT2D eigenvalue weighted by Crippen LogP contribution is 2.42. The van der Waals surface area contributed by atoms with Crippen molar-refractivity contribution in [3.05, 3.63) is 59.7 Å². The van der Waals surface area contributed by atoms with E-state index in [1.54, 1.807) is 7.11 Å². The first-order valence-corrected chi connectivity index (χ1v) is 8.46. The van der Waals surface area contributed by atoms with E-state index in [4.69, 9.17) is 15.2 Å². The molecule has 130 valence electrons. The van der Waals surface area contributed by atoms with Crippen LogP contribution in [0.15, 0.2) is 48.5 Å². The first-order valence-electron chi connectivity index (χ1n) is 8.46. The Kier molecular flexibility index (Phi) is 5.55. The van der Waals surface area contributed by atoms with Crippen molar-refractivity contribution in [1.82, 2.24) is 0 Å². The number of methoxy groups -OCH3 is 1. The van der Waals surface area contributed by atoms with Gasteiger partial charge in [-0.2, -0.15) is 0 Å². The molecule has 0 aromatic heterocycles. The van der Waals surface area contributed by atoms with Crippen LogP contribution in [0.3, 0.4) is 0 Å². The van der Waals surface area contributed by atoms with Crippen LogP contribution in [0, 0.1) is 5.41 Å². The van der Waals surface area contributed by atoms with Crippen LogP contribution in [0.1, 0.15) is 45.2 Å². The van der Waals surface area contributed by atoms with E-state index in [1.165, 1.54) is 0 Å².